The van der Waals surface area contributed by atoms with E-state index in [9.17, 15) is 17.6 Å². The van der Waals surface area contributed by atoms with Crippen LogP contribution in [0.3, 0.4) is 0 Å². The van der Waals surface area contributed by atoms with Gasteiger partial charge in [-0.3, -0.25) is 4.99 Å². The van der Waals surface area contributed by atoms with Crippen LogP contribution >= 0.6 is 35.3 Å². The molecule has 0 saturated heterocycles. The minimum Gasteiger partial charge on any atom is -0.489 e. The molecule has 0 aliphatic rings. The number of aliphatic imine (C=N–C) groups is 1. The fourth-order valence-corrected chi connectivity index (χ4v) is 2.90. The van der Waals surface area contributed by atoms with E-state index < -0.39 is 11.9 Å². The maximum atomic E-state index is 12.9. The maximum absolute atomic E-state index is 12.9. The van der Waals surface area contributed by atoms with E-state index in [0.717, 1.165) is 16.7 Å². The van der Waals surface area contributed by atoms with Crippen LogP contribution in [0.5, 0.6) is 5.75 Å². The fourth-order valence-electron chi connectivity index (χ4n) is 2.09. The van der Waals surface area contributed by atoms with Crippen molar-refractivity contribution in [2.45, 2.75) is 25.6 Å². The molecular weight excluding hydrogens is 511 g/mol. The molecule has 2 aromatic rings. The predicted octanol–water partition coefficient (Wildman–Crippen LogP) is 4.09. The number of hydrogen-bond acceptors (Lipinski definition) is 4. The number of thiazole rings is 1. The highest BCUT2D eigenvalue weighted by Gasteiger charge is 2.33. The van der Waals surface area contributed by atoms with Crippen molar-refractivity contribution >= 4 is 41.3 Å². The van der Waals surface area contributed by atoms with Gasteiger partial charge < -0.3 is 15.4 Å². The van der Waals surface area contributed by atoms with Crippen LogP contribution < -0.4 is 15.4 Å². The van der Waals surface area contributed by atoms with Crippen molar-refractivity contribution in [2.75, 3.05) is 20.1 Å². The first kappa shape index (κ1) is 24.4. The van der Waals surface area contributed by atoms with Crippen LogP contribution in [0, 0.1) is 5.82 Å². The van der Waals surface area contributed by atoms with Crippen LogP contribution in [0.25, 0.3) is 0 Å². The van der Waals surface area contributed by atoms with Crippen molar-refractivity contribution < 1.29 is 22.3 Å². The number of hydrogen-bond donors (Lipinski definition) is 2. The van der Waals surface area contributed by atoms with Gasteiger partial charge >= 0.3 is 6.18 Å². The van der Waals surface area contributed by atoms with Gasteiger partial charge in [-0.1, -0.05) is 0 Å². The first-order valence-electron chi connectivity index (χ1n) is 8.16. The van der Waals surface area contributed by atoms with Crippen LogP contribution in [0.1, 0.15) is 17.6 Å². The van der Waals surface area contributed by atoms with Crippen LogP contribution in [-0.4, -0.2) is 37.2 Å². The number of rotatable bonds is 7. The van der Waals surface area contributed by atoms with Gasteiger partial charge in [0.2, 0.25) is 0 Å². The summed E-state index contributed by atoms with van der Waals surface area (Å²) in [5.74, 6) is 0.718. The second-order valence-corrected chi connectivity index (χ2v) is 6.58. The summed E-state index contributed by atoms with van der Waals surface area (Å²) in [4.78, 5) is 7.62. The van der Waals surface area contributed by atoms with Crippen LogP contribution in [0.15, 0.2) is 34.6 Å². The van der Waals surface area contributed by atoms with E-state index >= 15 is 0 Å². The van der Waals surface area contributed by atoms with Gasteiger partial charge in [0, 0.05) is 25.4 Å². The first-order chi connectivity index (χ1) is 12.8. The third kappa shape index (κ3) is 8.17. The molecule has 0 aliphatic carbocycles. The van der Waals surface area contributed by atoms with Gasteiger partial charge in [0.05, 0.1) is 11.6 Å². The van der Waals surface area contributed by atoms with Gasteiger partial charge in [0.25, 0.3) is 0 Å². The number of ether oxygens (including phenoxy) is 1. The molecule has 1 unspecified atom stereocenters. The third-order valence-corrected chi connectivity index (χ3v) is 4.31. The van der Waals surface area contributed by atoms with Crippen molar-refractivity contribution in [2.24, 2.45) is 4.99 Å². The number of guanidine groups is 1. The Morgan fingerprint density at radius 2 is 1.93 bits per heavy atom. The molecule has 0 fully saturated rings. The summed E-state index contributed by atoms with van der Waals surface area (Å²) in [7, 11) is 1.59. The van der Waals surface area contributed by atoms with E-state index in [2.05, 4.69) is 20.6 Å². The number of nitrogens with one attached hydrogen (secondary N) is 2. The summed E-state index contributed by atoms with van der Waals surface area (Å²) >= 11 is 0.978. The van der Waals surface area contributed by atoms with Crippen molar-refractivity contribution in [3.05, 3.63) is 46.2 Å². The molecule has 2 rings (SSSR count). The Labute approximate surface area is 181 Å². The van der Waals surface area contributed by atoms with E-state index in [0.29, 0.717) is 36.2 Å². The fraction of sp³-hybridized carbons (Fsp3) is 0.412. The molecule has 2 N–H and O–H groups in total. The molecular formula is C17H21F4IN4OS. The Morgan fingerprint density at radius 3 is 2.50 bits per heavy atom. The third-order valence-electron chi connectivity index (χ3n) is 3.40. The molecule has 11 heteroatoms. The zero-order chi connectivity index (χ0) is 19.9. The summed E-state index contributed by atoms with van der Waals surface area (Å²) in [5, 5.41) is 7.48. The SMILES string of the molecule is CN=C(NCCc1nc(C(F)(F)F)cs1)NCC(C)Oc1ccc(F)cc1.I. The Morgan fingerprint density at radius 1 is 1.25 bits per heavy atom. The standard InChI is InChI=1S/C17H20F4N4OS.HI/c1-11(26-13-5-3-12(18)4-6-13)9-24-16(22-2)23-8-7-15-25-14(10-27-15)17(19,20)21;/h3-6,10-11H,7-9H2,1-2H3,(H2,22,23,24);1H. The molecule has 0 saturated carbocycles. The van der Waals surface area contributed by atoms with Crippen molar-refractivity contribution in [3.63, 3.8) is 0 Å². The van der Waals surface area contributed by atoms with E-state index in [-0.39, 0.29) is 35.9 Å². The van der Waals surface area contributed by atoms with Gasteiger partial charge in [-0.05, 0) is 31.2 Å². The predicted molar refractivity (Wildman–Crippen MR) is 112 cm³/mol. The molecule has 5 nitrogen and oxygen atoms in total. The largest absolute Gasteiger partial charge is 0.489 e. The molecule has 28 heavy (non-hydrogen) atoms. The Balaban J connectivity index is 0.00000392. The lowest BCUT2D eigenvalue weighted by molar-refractivity contribution is -0.140. The lowest BCUT2D eigenvalue weighted by Gasteiger charge is -2.17. The number of nitrogens with zero attached hydrogens (tertiary/aromatic N) is 2. The lowest BCUT2D eigenvalue weighted by Crippen LogP contribution is -2.42. The molecule has 1 atom stereocenters. The second kappa shape index (κ2) is 11.4. The molecule has 1 aromatic heterocycles. The van der Waals surface area contributed by atoms with E-state index in [1.165, 1.54) is 12.1 Å². The van der Waals surface area contributed by atoms with Gasteiger partial charge in [-0.15, -0.1) is 35.3 Å². The number of alkyl halides is 3. The molecule has 1 aromatic carbocycles. The van der Waals surface area contributed by atoms with Crippen LogP contribution in [0.2, 0.25) is 0 Å². The molecule has 1 heterocycles. The Bertz CT molecular complexity index is 752. The minimum atomic E-state index is -4.42. The summed E-state index contributed by atoms with van der Waals surface area (Å²) < 4.78 is 56.1. The van der Waals surface area contributed by atoms with Crippen molar-refractivity contribution in [3.8, 4) is 5.75 Å². The van der Waals surface area contributed by atoms with Gasteiger partial charge in [-0.25, -0.2) is 9.37 Å². The molecule has 156 valence electrons. The average Bonchev–Trinajstić information content (AvgIpc) is 3.09. The van der Waals surface area contributed by atoms with Gasteiger partial charge in [0.1, 0.15) is 17.7 Å². The second-order valence-electron chi connectivity index (χ2n) is 5.64. The zero-order valence-electron chi connectivity index (χ0n) is 15.2. The average molecular weight is 532 g/mol. The monoisotopic (exact) mass is 532 g/mol. The van der Waals surface area contributed by atoms with E-state index in [1.54, 1.807) is 19.2 Å². The zero-order valence-corrected chi connectivity index (χ0v) is 18.4. The Kier molecular flexibility index (Phi) is 9.93. The molecule has 0 aliphatic heterocycles. The van der Waals surface area contributed by atoms with Gasteiger partial charge in [-0.2, -0.15) is 13.2 Å². The molecule has 0 amide bonds. The number of benzene rings is 1. The van der Waals surface area contributed by atoms with E-state index in [4.69, 9.17) is 4.74 Å². The van der Waals surface area contributed by atoms with Crippen molar-refractivity contribution in [1.82, 2.24) is 15.6 Å². The summed E-state index contributed by atoms with van der Waals surface area (Å²) in [6, 6.07) is 5.72. The Hall–Kier alpha value is -1.63. The summed E-state index contributed by atoms with van der Waals surface area (Å²) in [5.41, 5.74) is -0.864. The highest BCUT2D eigenvalue weighted by molar-refractivity contribution is 14.0. The molecule has 0 bridgehead atoms. The maximum Gasteiger partial charge on any atom is 0.434 e. The van der Waals surface area contributed by atoms with E-state index in [1.807, 2.05) is 6.92 Å². The highest BCUT2D eigenvalue weighted by Crippen LogP contribution is 2.29. The summed E-state index contributed by atoms with van der Waals surface area (Å²) in [6.07, 6.45) is -4.27. The number of halogens is 5. The van der Waals surface area contributed by atoms with Crippen LogP contribution in [-0.2, 0) is 12.6 Å². The lowest BCUT2D eigenvalue weighted by atomic mass is 10.3. The molecule has 0 radical (unpaired) electrons. The first-order valence-corrected chi connectivity index (χ1v) is 9.04. The van der Waals surface area contributed by atoms with Crippen LogP contribution in [0.4, 0.5) is 17.6 Å². The van der Waals surface area contributed by atoms with Gasteiger partial charge in [0.15, 0.2) is 11.7 Å². The topological polar surface area (TPSA) is 58.5 Å². The quantitative estimate of drug-likeness (QED) is 0.244. The number of aromatic nitrogens is 1. The normalized spacial score (nSPS) is 12.9. The van der Waals surface area contributed by atoms with Crippen molar-refractivity contribution in [1.29, 1.82) is 0 Å². The minimum absolute atomic E-state index is 0. The molecule has 0 spiro atoms. The smallest absolute Gasteiger partial charge is 0.434 e. The highest BCUT2D eigenvalue weighted by atomic mass is 127. The summed E-state index contributed by atoms with van der Waals surface area (Å²) in [6.45, 7) is 2.67.